The first-order chi connectivity index (χ1) is 9.61. The number of benzene rings is 1. The maximum absolute atomic E-state index is 3.65. The van der Waals surface area contributed by atoms with Gasteiger partial charge in [-0.2, -0.15) is 0 Å². The van der Waals surface area contributed by atoms with E-state index in [1.165, 1.54) is 43.2 Å². The van der Waals surface area contributed by atoms with Crippen LogP contribution in [0.4, 0.5) is 0 Å². The Bertz CT molecular complexity index is 357. The number of aryl methyl sites for hydroxylation is 1. The molecule has 0 saturated carbocycles. The lowest BCUT2D eigenvalue weighted by molar-refractivity contribution is 0.409. The van der Waals surface area contributed by atoms with E-state index in [1.54, 1.807) is 0 Å². The number of unbranched alkanes of at least 4 members (excludes halogenated alkanes) is 2. The third-order valence-electron chi connectivity index (χ3n) is 3.81. The first kappa shape index (κ1) is 17.2. The van der Waals surface area contributed by atoms with E-state index in [1.807, 2.05) is 0 Å². The molecule has 0 fully saturated rings. The van der Waals surface area contributed by atoms with Gasteiger partial charge in [-0.3, -0.25) is 0 Å². The second-order valence-corrected chi connectivity index (χ2v) is 6.61. The summed E-state index contributed by atoms with van der Waals surface area (Å²) in [7, 11) is 0. The minimum Gasteiger partial charge on any atom is -0.316 e. The van der Waals surface area contributed by atoms with Crippen molar-refractivity contribution in [1.82, 2.24) is 5.32 Å². The predicted molar refractivity (Wildman–Crippen MR) is 90.2 cm³/mol. The van der Waals surface area contributed by atoms with Crippen molar-refractivity contribution in [3.8, 4) is 0 Å². The molecule has 1 aromatic carbocycles. The molecule has 1 aromatic rings. The highest BCUT2D eigenvalue weighted by molar-refractivity contribution is 5.22. The molecular weight excluding hydrogens is 242 g/mol. The Morgan fingerprint density at radius 1 is 1.10 bits per heavy atom. The van der Waals surface area contributed by atoms with Crippen LogP contribution in [0, 0.1) is 18.8 Å². The maximum Gasteiger partial charge on any atom is -0.00172 e. The summed E-state index contributed by atoms with van der Waals surface area (Å²) in [5.74, 6) is 1.52. The molecule has 0 aliphatic carbocycles. The highest BCUT2D eigenvalue weighted by Crippen LogP contribution is 2.16. The van der Waals surface area contributed by atoms with Crippen LogP contribution in [0.25, 0.3) is 0 Å². The topological polar surface area (TPSA) is 12.0 Å². The van der Waals surface area contributed by atoms with E-state index in [0.29, 0.717) is 0 Å². The molecular formula is C19H33N. The molecule has 0 amide bonds. The lowest BCUT2D eigenvalue weighted by Crippen LogP contribution is -2.27. The molecule has 1 unspecified atom stereocenters. The van der Waals surface area contributed by atoms with Crippen LogP contribution < -0.4 is 5.32 Å². The fourth-order valence-corrected chi connectivity index (χ4v) is 2.71. The van der Waals surface area contributed by atoms with Gasteiger partial charge in [0.05, 0.1) is 0 Å². The van der Waals surface area contributed by atoms with Gasteiger partial charge in [-0.1, -0.05) is 69.9 Å². The van der Waals surface area contributed by atoms with Crippen molar-refractivity contribution in [2.24, 2.45) is 11.8 Å². The van der Waals surface area contributed by atoms with E-state index < -0.39 is 0 Å². The van der Waals surface area contributed by atoms with Crippen LogP contribution in [0.2, 0.25) is 0 Å². The summed E-state index contributed by atoms with van der Waals surface area (Å²) >= 11 is 0. The summed E-state index contributed by atoms with van der Waals surface area (Å²) in [6, 6.07) is 9.00. The van der Waals surface area contributed by atoms with Gasteiger partial charge in [0.2, 0.25) is 0 Å². The molecule has 0 saturated heterocycles. The van der Waals surface area contributed by atoms with Gasteiger partial charge < -0.3 is 5.32 Å². The largest absolute Gasteiger partial charge is 0.316 e. The van der Waals surface area contributed by atoms with Gasteiger partial charge in [0, 0.05) is 0 Å². The van der Waals surface area contributed by atoms with Crippen LogP contribution in [0.3, 0.4) is 0 Å². The highest BCUT2D eigenvalue weighted by atomic mass is 14.9. The Balaban J connectivity index is 2.47. The second-order valence-electron chi connectivity index (χ2n) is 6.61. The van der Waals surface area contributed by atoms with Gasteiger partial charge in [0.1, 0.15) is 0 Å². The first-order valence-electron chi connectivity index (χ1n) is 8.38. The Labute approximate surface area is 126 Å². The van der Waals surface area contributed by atoms with Crippen LogP contribution in [-0.2, 0) is 6.42 Å². The van der Waals surface area contributed by atoms with Crippen molar-refractivity contribution < 1.29 is 0 Å². The van der Waals surface area contributed by atoms with E-state index in [9.17, 15) is 0 Å². The third-order valence-corrected chi connectivity index (χ3v) is 3.81. The molecule has 0 aliphatic heterocycles. The minimum absolute atomic E-state index is 0.741. The summed E-state index contributed by atoms with van der Waals surface area (Å²) in [6.07, 6.45) is 6.63. The standard InChI is InChI=1S/C19H33N/c1-5-6-7-10-19(15-20-14-16(2)3)13-18-11-8-9-17(4)12-18/h8-9,11-12,16,19-20H,5-7,10,13-15H2,1-4H3. The molecule has 20 heavy (non-hydrogen) atoms. The Morgan fingerprint density at radius 3 is 2.55 bits per heavy atom. The van der Waals surface area contributed by atoms with E-state index in [-0.39, 0.29) is 0 Å². The molecule has 0 aromatic heterocycles. The van der Waals surface area contributed by atoms with E-state index in [0.717, 1.165) is 24.9 Å². The van der Waals surface area contributed by atoms with Crippen molar-refractivity contribution in [1.29, 1.82) is 0 Å². The summed E-state index contributed by atoms with van der Waals surface area (Å²) < 4.78 is 0. The van der Waals surface area contributed by atoms with Crippen molar-refractivity contribution in [3.05, 3.63) is 35.4 Å². The zero-order valence-corrected chi connectivity index (χ0v) is 13.9. The van der Waals surface area contributed by atoms with Gasteiger partial charge in [-0.05, 0) is 50.3 Å². The molecule has 1 nitrogen and oxygen atoms in total. The summed E-state index contributed by atoms with van der Waals surface area (Å²) in [5, 5.41) is 3.65. The summed E-state index contributed by atoms with van der Waals surface area (Å²) in [6.45, 7) is 11.3. The zero-order valence-electron chi connectivity index (χ0n) is 13.9. The highest BCUT2D eigenvalue weighted by Gasteiger charge is 2.10. The maximum atomic E-state index is 3.65. The SMILES string of the molecule is CCCCCC(CNCC(C)C)Cc1cccc(C)c1. The van der Waals surface area contributed by atoms with E-state index >= 15 is 0 Å². The molecule has 1 N–H and O–H groups in total. The number of rotatable bonds is 10. The van der Waals surface area contributed by atoms with Crippen molar-refractivity contribution >= 4 is 0 Å². The fourth-order valence-electron chi connectivity index (χ4n) is 2.71. The van der Waals surface area contributed by atoms with Crippen molar-refractivity contribution in [2.75, 3.05) is 13.1 Å². The zero-order chi connectivity index (χ0) is 14.8. The lowest BCUT2D eigenvalue weighted by atomic mass is 9.93. The van der Waals surface area contributed by atoms with Crippen molar-refractivity contribution in [2.45, 2.75) is 59.8 Å². The quantitative estimate of drug-likeness (QED) is 0.594. The van der Waals surface area contributed by atoms with Gasteiger partial charge in [0.25, 0.3) is 0 Å². The smallest absolute Gasteiger partial charge is 0.00172 e. The van der Waals surface area contributed by atoms with Crippen LogP contribution in [0.5, 0.6) is 0 Å². The van der Waals surface area contributed by atoms with Gasteiger partial charge in [0.15, 0.2) is 0 Å². The van der Waals surface area contributed by atoms with Crippen LogP contribution in [0.15, 0.2) is 24.3 Å². The fraction of sp³-hybridized carbons (Fsp3) is 0.684. The van der Waals surface area contributed by atoms with Crippen LogP contribution in [-0.4, -0.2) is 13.1 Å². The molecule has 1 atom stereocenters. The van der Waals surface area contributed by atoms with E-state index in [4.69, 9.17) is 0 Å². The second kappa shape index (κ2) is 9.99. The average molecular weight is 275 g/mol. The monoisotopic (exact) mass is 275 g/mol. The predicted octanol–water partition coefficient (Wildman–Crippen LogP) is 4.98. The molecule has 114 valence electrons. The van der Waals surface area contributed by atoms with Crippen LogP contribution >= 0.6 is 0 Å². The minimum atomic E-state index is 0.741. The number of nitrogens with one attached hydrogen (secondary N) is 1. The molecule has 0 radical (unpaired) electrons. The van der Waals surface area contributed by atoms with Crippen molar-refractivity contribution in [3.63, 3.8) is 0 Å². The average Bonchev–Trinajstić information content (AvgIpc) is 2.38. The number of hydrogen-bond donors (Lipinski definition) is 1. The first-order valence-corrected chi connectivity index (χ1v) is 8.38. The molecule has 0 bridgehead atoms. The Morgan fingerprint density at radius 2 is 1.90 bits per heavy atom. The molecule has 0 aliphatic rings. The van der Waals surface area contributed by atoms with Crippen LogP contribution in [0.1, 0.15) is 57.6 Å². The normalized spacial score (nSPS) is 12.8. The summed E-state index contributed by atoms with van der Waals surface area (Å²) in [4.78, 5) is 0. The molecule has 1 heteroatoms. The van der Waals surface area contributed by atoms with E-state index in [2.05, 4.69) is 57.3 Å². The molecule has 0 heterocycles. The Kier molecular flexibility index (Phi) is 8.60. The molecule has 1 rings (SSSR count). The van der Waals surface area contributed by atoms with Gasteiger partial charge >= 0.3 is 0 Å². The number of hydrogen-bond acceptors (Lipinski definition) is 1. The van der Waals surface area contributed by atoms with Gasteiger partial charge in [-0.15, -0.1) is 0 Å². The Hall–Kier alpha value is -0.820. The van der Waals surface area contributed by atoms with Gasteiger partial charge in [-0.25, -0.2) is 0 Å². The summed E-state index contributed by atoms with van der Waals surface area (Å²) in [5.41, 5.74) is 2.88. The third kappa shape index (κ3) is 7.69. The molecule has 0 spiro atoms. The lowest BCUT2D eigenvalue weighted by Gasteiger charge is -2.19.